The quantitative estimate of drug-likeness (QED) is 0.446. The maximum atomic E-state index is 12.9. The summed E-state index contributed by atoms with van der Waals surface area (Å²) in [5.41, 5.74) is 4.04. The average Bonchev–Trinajstić information content (AvgIpc) is 3.42. The van der Waals surface area contributed by atoms with E-state index in [2.05, 4.69) is 0 Å². The molecule has 1 atom stereocenters. The fraction of sp³-hybridized carbons (Fsp3) is 0.370. The van der Waals surface area contributed by atoms with Crippen molar-refractivity contribution in [3.05, 3.63) is 69.8 Å². The summed E-state index contributed by atoms with van der Waals surface area (Å²) in [5.74, 6) is -0.437. The summed E-state index contributed by atoms with van der Waals surface area (Å²) in [6, 6.07) is 9.36. The molecule has 0 aliphatic carbocycles. The van der Waals surface area contributed by atoms with Gasteiger partial charge in [0.1, 0.15) is 30.3 Å². The van der Waals surface area contributed by atoms with Gasteiger partial charge >= 0.3 is 12.1 Å². The number of ether oxygens (including phenoxy) is 3. The number of esters is 1. The molecule has 0 aromatic heterocycles. The van der Waals surface area contributed by atoms with E-state index in [4.69, 9.17) is 14.2 Å². The van der Waals surface area contributed by atoms with E-state index in [9.17, 15) is 19.5 Å². The molecule has 8 heteroatoms. The monoisotopic (exact) mass is 479 g/mol. The molecule has 2 aromatic carbocycles. The van der Waals surface area contributed by atoms with Crippen LogP contribution in [-0.4, -0.2) is 47.7 Å². The normalized spacial score (nSPS) is 17.3. The summed E-state index contributed by atoms with van der Waals surface area (Å²) in [6.45, 7) is 4.02. The SMILES string of the molecule is COc1c(C)c2c(c(O)c1CC=C(C)CCC(=O)N1C(=O)OCC1Cc1ccccc1)C(=O)OC2. The lowest BCUT2D eigenvalue weighted by molar-refractivity contribution is -0.129. The molecule has 0 bridgehead atoms. The summed E-state index contributed by atoms with van der Waals surface area (Å²) in [6.07, 6.45) is 2.75. The van der Waals surface area contributed by atoms with Gasteiger partial charge in [0.25, 0.3) is 0 Å². The molecule has 2 aromatic rings. The van der Waals surface area contributed by atoms with Crippen LogP contribution in [0.2, 0.25) is 0 Å². The Hall–Kier alpha value is -3.81. The van der Waals surface area contributed by atoms with Gasteiger partial charge in [-0.3, -0.25) is 4.79 Å². The Morgan fingerprint density at radius 3 is 2.66 bits per heavy atom. The molecule has 2 aliphatic heterocycles. The van der Waals surface area contributed by atoms with Crippen LogP contribution >= 0.6 is 0 Å². The molecule has 1 saturated heterocycles. The number of carbonyl (C=O) groups is 3. The van der Waals surface area contributed by atoms with Gasteiger partial charge in [-0.25, -0.2) is 14.5 Å². The zero-order valence-corrected chi connectivity index (χ0v) is 20.1. The Morgan fingerprint density at radius 1 is 1.20 bits per heavy atom. The molecule has 2 heterocycles. The van der Waals surface area contributed by atoms with Crippen LogP contribution in [-0.2, 0) is 33.7 Å². The number of amides is 2. The van der Waals surface area contributed by atoms with E-state index in [1.807, 2.05) is 50.3 Å². The second-order valence-corrected chi connectivity index (χ2v) is 8.85. The van der Waals surface area contributed by atoms with Crippen molar-refractivity contribution in [1.29, 1.82) is 0 Å². The van der Waals surface area contributed by atoms with Crippen LogP contribution in [0.5, 0.6) is 11.5 Å². The van der Waals surface area contributed by atoms with Crippen molar-refractivity contribution in [1.82, 2.24) is 4.90 Å². The zero-order chi connectivity index (χ0) is 25.1. The first-order valence-corrected chi connectivity index (χ1v) is 11.6. The minimum atomic E-state index is -0.604. The Labute approximate surface area is 204 Å². The number of phenols is 1. The molecule has 1 unspecified atom stereocenters. The van der Waals surface area contributed by atoms with Crippen molar-refractivity contribution in [2.75, 3.05) is 13.7 Å². The van der Waals surface area contributed by atoms with Crippen molar-refractivity contribution < 1.29 is 33.7 Å². The highest BCUT2D eigenvalue weighted by atomic mass is 16.6. The molecule has 1 fully saturated rings. The van der Waals surface area contributed by atoms with E-state index in [-0.39, 0.29) is 42.9 Å². The Kier molecular flexibility index (Phi) is 7.10. The van der Waals surface area contributed by atoms with Crippen LogP contribution in [0.3, 0.4) is 0 Å². The summed E-state index contributed by atoms with van der Waals surface area (Å²) >= 11 is 0. The third-order valence-corrected chi connectivity index (χ3v) is 6.58. The lowest BCUT2D eigenvalue weighted by Gasteiger charge is -2.20. The Bertz CT molecular complexity index is 1190. The average molecular weight is 480 g/mol. The number of benzene rings is 2. The van der Waals surface area contributed by atoms with E-state index in [0.29, 0.717) is 36.1 Å². The van der Waals surface area contributed by atoms with E-state index in [0.717, 1.165) is 16.7 Å². The number of nitrogens with zero attached hydrogens (tertiary/aromatic N) is 1. The molecule has 8 nitrogen and oxygen atoms in total. The standard InChI is InChI=1S/C27H29NO7/c1-16(9-11-20-24(30)23-21(15-34-26(23)31)17(2)25(20)33-3)10-12-22(29)28-19(14-35-27(28)32)13-18-7-5-4-6-8-18/h4-9,19,30H,10-15H2,1-3H3. The Morgan fingerprint density at radius 2 is 1.94 bits per heavy atom. The number of allylic oxidation sites excluding steroid dienone is 2. The highest BCUT2D eigenvalue weighted by Crippen LogP contribution is 2.42. The number of hydrogen-bond acceptors (Lipinski definition) is 7. The fourth-order valence-electron chi connectivity index (χ4n) is 4.63. The lowest BCUT2D eigenvalue weighted by atomic mass is 9.94. The van der Waals surface area contributed by atoms with E-state index < -0.39 is 12.1 Å². The number of hydrogen-bond donors (Lipinski definition) is 1. The molecule has 0 radical (unpaired) electrons. The van der Waals surface area contributed by atoms with E-state index in [1.54, 1.807) is 0 Å². The van der Waals surface area contributed by atoms with Gasteiger partial charge in [0, 0.05) is 17.5 Å². The molecule has 2 aliphatic rings. The number of imide groups is 1. The number of cyclic esters (lactones) is 2. The first kappa shape index (κ1) is 24.3. The third kappa shape index (κ3) is 4.87. The number of phenolic OH excluding ortho intramolecular Hbond substituents is 1. The first-order valence-electron chi connectivity index (χ1n) is 11.6. The van der Waals surface area contributed by atoms with Crippen molar-refractivity contribution in [3.8, 4) is 11.5 Å². The van der Waals surface area contributed by atoms with Gasteiger partial charge in [-0.05, 0) is 44.2 Å². The lowest BCUT2D eigenvalue weighted by Crippen LogP contribution is -2.40. The maximum Gasteiger partial charge on any atom is 0.416 e. The Balaban J connectivity index is 1.42. The van der Waals surface area contributed by atoms with Crippen molar-refractivity contribution in [3.63, 3.8) is 0 Å². The summed E-state index contributed by atoms with van der Waals surface area (Å²) in [5, 5.41) is 10.7. The molecule has 0 saturated carbocycles. The van der Waals surface area contributed by atoms with Crippen LogP contribution in [0.1, 0.15) is 52.4 Å². The van der Waals surface area contributed by atoms with Gasteiger partial charge in [-0.2, -0.15) is 0 Å². The molecule has 0 spiro atoms. The number of fused-ring (bicyclic) bond motifs is 1. The van der Waals surface area contributed by atoms with Gasteiger partial charge < -0.3 is 19.3 Å². The predicted octanol–water partition coefficient (Wildman–Crippen LogP) is 4.24. The van der Waals surface area contributed by atoms with Crippen LogP contribution in [0, 0.1) is 6.92 Å². The highest BCUT2D eigenvalue weighted by Gasteiger charge is 2.37. The molecule has 35 heavy (non-hydrogen) atoms. The number of rotatable bonds is 8. The maximum absolute atomic E-state index is 12.9. The molecule has 184 valence electrons. The van der Waals surface area contributed by atoms with Gasteiger partial charge in [-0.15, -0.1) is 0 Å². The second kappa shape index (κ2) is 10.2. The van der Waals surface area contributed by atoms with Crippen molar-refractivity contribution >= 4 is 18.0 Å². The second-order valence-electron chi connectivity index (χ2n) is 8.85. The largest absolute Gasteiger partial charge is 0.507 e. The molecule has 2 amide bonds. The summed E-state index contributed by atoms with van der Waals surface area (Å²) in [7, 11) is 1.52. The highest BCUT2D eigenvalue weighted by molar-refractivity contribution is 5.98. The smallest absolute Gasteiger partial charge is 0.416 e. The first-order chi connectivity index (χ1) is 16.8. The summed E-state index contributed by atoms with van der Waals surface area (Å²) in [4.78, 5) is 38.4. The van der Waals surface area contributed by atoms with Gasteiger partial charge in [0.15, 0.2) is 0 Å². The van der Waals surface area contributed by atoms with Gasteiger partial charge in [0.2, 0.25) is 5.91 Å². The van der Waals surface area contributed by atoms with Crippen LogP contribution in [0.15, 0.2) is 42.0 Å². The van der Waals surface area contributed by atoms with Crippen LogP contribution < -0.4 is 4.74 Å². The fourth-order valence-corrected chi connectivity index (χ4v) is 4.63. The number of carbonyl (C=O) groups excluding carboxylic acids is 3. The van der Waals surface area contributed by atoms with Crippen LogP contribution in [0.25, 0.3) is 0 Å². The zero-order valence-electron chi connectivity index (χ0n) is 20.1. The molecular weight excluding hydrogens is 450 g/mol. The minimum absolute atomic E-state index is 0.116. The van der Waals surface area contributed by atoms with Crippen molar-refractivity contribution in [2.24, 2.45) is 0 Å². The molecular formula is C27H29NO7. The predicted molar refractivity (Wildman–Crippen MR) is 127 cm³/mol. The topological polar surface area (TPSA) is 102 Å². The minimum Gasteiger partial charge on any atom is -0.507 e. The summed E-state index contributed by atoms with van der Waals surface area (Å²) < 4.78 is 15.8. The van der Waals surface area contributed by atoms with Crippen molar-refractivity contribution in [2.45, 2.75) is 52.2 Å². The third-order valence-electron chi connectivity index (χ3n) is 6.58. The number of methoxy groups -OCH3 is 1. The number of aromatic hydroxyl groups is 1. The van der Waals surface area contributed by atoms with Crippen LogP contribution in [0.4, 0.5) is 4.79 Å². The molecule has 1 N–H and O–H groups in total. The molecule has 4 rings (SSSR count). The van der Waals surface area contributed by atoms with E-state index in [1.165, 1.54) is 12.0 Å². The van der Waals surface area contributed by atoms with Gasteiger partial charge in [0.05, 0.1) is 13.2 Å². The van der Waals surface area contributed by atoms with E-state index >= 15 is 0 Å². The van der Waals surface area contributed by atoms with Gasteiger partial charge in [-0.1, -0.05) is 42.0 Å².